The van der Waals surface area contributed by atoms with Gasteiger partial charge in [-0.3, -0.25) is 28.8 Å². The van der Waals surface area contributed by atoms with Crippen LogP contribution < -0.4 is 16.0 Å². The maximum atomic E-state index is 13.3. The molecule has 0 saturated heterocycles. The Labute approximate surface area is 331 Å². The van der Waals surface area contributed by atoms with Crippen LogP contribution in [-0.4, -0.2) is 135 Å². The standard InChI is InChI=1S/C38H69N3O13S/c1-4-5-6-7-8-9-10-11-12-13-14-15-16-17-35(45)40-34(29-55-28-32(54-31(3)44)27-53-30(2)43)38(49)41-33(26-42)37(48)39-19-21-51-23-25-52-24-22-50-20-18-36(46)47/h32-34,42H,4-29H2,1-3H3,(H,39,48)(H,40,45)(H,41,49)(H,46,47)/t32-,33+,34+/m1/s1. The average molecular weight is 808 g/mol. The van der Waals surface area contributed by atoms with Gasteiger partial charge in [0.1, 0.15) is 24.8 Å². The third kappa shape index (κ3) is 34.0. The summed E-state index contributed by atoms with van der Waals surface area (Å²) in [7, 11) is 0. The van der Waals surface area contributed by atoms with Crippen molar-refractivity contribution in [2.45, 2.75) is 135 Å². The van der Waals surface area contributed by atoms with E-state index in [0.29, 0.717) is 6.42 Å². The second-order valence-corrected chi connectivity index (χ2v) is 14.3. The fourth-order valence-electron chi connectivity index (χ4n) is 5.17. The van der Waals surface area contributed by atoms with Gasteiger partial charge in [0.15, 0.2) is 0 Å². The first-order valence-corrected chi connectivity index (χ1v) is 21.0. The lowest BCUT2D eigenvalue weighted by molar-refractivity contribution is -0.154. The summed E-state index contributed by atoms with van der Waals surface area (Å²) < 4.78 is 26.0. The Hall–Kier alpha value is -2.99. The van der Waals surface area contributed by atoms with E-state index >= 15 is 0 Å². The molecule has 3 amide bonds. The molecule has 0 unspecified atom stereocenters. The van der Waals surface area contributed by atoms with E-state index < -0.39 is 54.5 Å². The zero-order chi connectivity index (χ0) is 40.9. The van der Waals surface area contributed by atoms with E-state index in [2.05, 4.69) is 22.9 Å². The summed E-state index contributed by atoms with van der Waals surface area (Å²) in [5.41, 5.74) is 0. The number of aliphatic hydroxyl groups is 1. The summed E-state index contributed by atoms with van der Waals surface area (Å²) in [5.74, 6) is -3.46. The number of thioether (sulfide) groups is 1. The molecule has 320 valence electrons. The van der Waals surface area contributed by atoms with E-state index in [4.69, 9.17) is 28.8 Å². The number of aliphatic hydroxyl groups excluding tert-OH is 1. The summed E-state index contributed by atoms with van der Waals surface area (Å²) in [6.45, 7) is 5.21. The Morgan fingerprint density at radius 3 is 1.69 bits per heavy atom. The summed E-state index contributed by atoms with van der Waals surface area (Å²) >= 11 is 1.19. The quantitative estimate of drug-likeness (QED) is 0.0446. The fourth-order valence-corrected chi connectivity index (χ4v) is 6.20. The van der Waals surface area contributed by atoms with Crippen LogP contribution in [0.15, 0.2) is 0 Å². The van der Waals surface area contributed by atoms with Gasteiger partial charge >= 0.3 is 17.9 Å². The summed E-state index contributed by atoms with van der Waals surface area (Å²) in [5, 5.41) is 26.3. The van der Waals surface area contributed by atoms with Crippen LogP contribution in [0, 0.1) is 0 Å². The number of rotatable bonds is 38. The van der Waals surface area contributed by atoms with Crippen molar-refractivity contribution in [1.82, 2.24) is 16.0 Å². The second-order valence-electron chi connectivity index (χ2n) is 13.2. The lowest BCUT2D eigenvalue weighted by Crippen LogP contribution is -2.56. The molecule has 0 aliphatic rings. The number of carboxylic acid groups (broad SMARTS) is 1. The maximum Gasteiger partial charge on any atom is 0.305 e. The number of amides is 3. The Balaban J connectivity index is 4.81. The van der Waals surface area contributed by atoms with E-state index in [1.54, 1.807) is 0 Å². The molecule has 0 aromatic rings. The zero-order valence-corrected chi connectivity index (χ0v) is 34.2. The van der Waals surface area contributed by atoms with Crippen LogP contribution in [0.25, 0.3) is 0 Å². The number of carboxylic acids is 1. The Kier molecular flexibility index (Phi) is 34.6. The Morgan fingerprint density at radius 1 is 0.618 bits per heavy atom. The Bertz CT molecular complexity index is 1050. The molecule has 0 fully saturated rings. The highest BCUT2D eigenvalue weighted by atomic mass is 32.2. The normalized spacial score (nSPS) is 12.7. The first kappa shape index (κ1) is 52.0. The van der Waals surface area contributed by atoms with Gasteiger partial charge in [0.2, 0.25) is 17.7 Å². The summed E-state index contributed by atoms with van der Waals surface area (Å²) in [6.07, 6.45) is 14.6. The molecule has 0 aliphatic heterocycles. The number of hydrogen-bond acceptors (Lipinski definition) is 13. The van der Waals surface area contributed by atoms with Gasteiger partial charge in [-0.2, -0.15) is 11.8 Å². The van der Waals surface area contributed by atoms with Gasteiger partial charge in [0.05, 0.1) is 52.7 Å². The number of ether oxygens (including phenoxy) is 5. The topological polar surface area (TPSA) is 225 Å². The number of esters is 2. The van der Waals surface area contributed by atoms with Gasteiger partial charge in [-0.05, 0) is 6.42 Å². The highest BCUT2D eigenvalue weighted by Gasteiger charge is 2.27. The minimum absolute atomic E-state index is 0.0537. The van der Waals surface area contributed by atoms with Crippen molar-refractivity contribution >= 4 is 47.4 Å². The lowest BCUT2D eigenvalue weighted by Gasteiger charge is -2.23. The first-order chi connectivity index (χ1) is 26.5. The largest absolute Gasteiger partial charge is 0.481 e. The predicted octanol–water partition coefficient (Wildman–Crippen LogP) is 3.30. The second kappa shape index (κ2) is 36.6. The highest BCUT2D eigenvalue weighted by molar-refractivity contribution is 7.99. The summed E-state index contributed by atoms with van der Waals surface area (Å²) in [4.78, 5) is 72.3. The molecule has 0 heterocycles. The molecule has 55 heavy (non-hydrogen) atoms. The minimum Gasteiger partial charge on any atom is -0.481 e. The smallest absolute Gasteiger partial charge is 0.305 e. The number of aliphatic carboxylic acids is 1. The van der Waals surface area contributed by atoms with Crippen molar-refractivity contribution in [3.8, 4) is 0 Å². The van der Waals surface area contributed by atoms with Gasteiger partial charge in [-0.25, -0.2) is 0 Å². The van der Waals surface area contributed by atoms with Gasteiger partial charge < -0.3 is 49.8 Å². The van der Waals surface area contributed by atoms with E-state index in [0.717, 1.165) is 19.3 Å². The molecule has 0 spiro atoms. The summed E-state index contributed by atoms with van der Waals surface area (Å²) in [6, 6.07) is -2.36. The predicted molar refractivity (Wildman–Crippen MR) is 208 cm³/mol. The highest BCUT2D eigenvalue weighted by Crippen LogP contribution is 2.14. The van der Waals surface area contributed by atoms with Gasteiger partial charge in [-0.1, -0.05) is 84.0 Å². The fraction of sp³-hybridized carbons (Fsp3) is 0.842. The number of unbranched alkanes of at least 4 members (excludes halogenated alkanes) is 12. The van der Waals surface area contributed by atoms with Crippen LogP contribution in [0.4, 0.5) is 0 Å². The third-order valence-corrected chi connectivity index (χ3v) is 9.29. The molecule has 16 nitrogen and oxygen atoms in total. The number of carbonyl (C=O) groups is 6. The molecule has 0 aliphatic carbocycles. The molecule has 5 N–H and O–H groups in total. The lowest BCUT2D eigenvalue weighted by atomic mass is 10.0. The van der Waals surface area contributed by atoms with Crippen molar-refractivity contribution in [3.05, 3.63) is 0 Å². The van der Waals surface area contributed by atoms with E-state index in [1.807, 2.05) is 0 Å². The number of nitrogens with one attached hydrogen (secondary N) is 3. The molecule has 0 rings (SSSR count). The van der Waals surface area contributed by atoms with E-state index in [-0.39, 0.29) is 83.0 Å². The van der Waals surface area contributed by atoms with Crippen LogP contribution in [0.2, 0.25) is 0 Å². The van der Waals surface area contributed by atoms with Crippen LogP contribution in [0.3, 0.4) is 0 Å². The monoisotopic (exact) mass is 807 g/mol. The first-order valence-electron chi connectivity index (χ1n) is 19.8. The average Bonchev–Trinajstić information content (AvgIpc) is 3.14. The van der Waals surface area contributed by atoms with Crippen LogP contribution in [0.5, 0.6) is 0 Å². The number of carbonyl (C=O) groups excluding carboxylic acids is 5. The van der Waals surface area contributed by atoms with Crippen molar-refractivity contribution in [2.24, 2.45) is 0 Å². The van der Waals surface area contributed by atoms with E-state index in [1.165, 1.54) is 83.4 Å². The van der Waals surface area contributed by atoms with Gasteiger partial charge in [0.25, 0.3) is 0 Å². The van der Waals surface area contributed by atoms with Crippen LogP contribution in [0.1, 0.15) is 117 Å². The van der Waals surface area contributed by atoms with Crippen molar-refractivity contribution in [1.29, 1.82) is 0 Å². The zero-order valence-electron chi connectivity index (χ0n) is 33.4. The molecular weight excluding hydrogens is 738 g/mol. The number of hydrogen-bond donors (Lipinski definition) is 5. The molecular formula is C38H69N3O13S. The Morgan fingerprint density at radius 2 is 1.16 bits per heavy atom. The molecule has 0 radical (unpaired) electrons. The molecule has 0 aromatic carbocycles. The molecule has 0 saturated carbocycles. The van der Waals surface area contributed by atoms with Crippen molar-refractivity contribution in [3.63, 3.8) is 0 Å². The minimum atomic E-state index is -1.29. The van der Waals surface area contributed by atoms with Gasteiger partial charge in [-0.15, -0.1) is 0 Å². The van der Waals surface area contributed by atoms with Crippen molar-refractivity contribution in [2.75, 3.05) is 70.9 Å². The third-order valence-electron chi connectivity index (χ3n) is 8.12. The van der Waals surface area contributed by atoms with Crippen LogP contribution >= 0.6 is 11.8 Å². The molecule has 3 atom stereocenters. The SMILES string of the molecule is CCCCCCCCCCCCCCCC(=O)N[C@@H](CSC[C@@H](COC(C)=O)OC(C)=O)C(=O)N[C@@H](CO)C(=O)NCCOCCOCCOCCC(=O)O. The molecule has 17 heteroatoms. The van der Waals surface area contributed by atoms with Crippen molar-refractivity contribution < 1.29 is 62.7 Å². The van der Waals surface area contributed by atoms with Gasteiger partial charge in [0, 0.05) is 38.3 Å². The maximum absolute atomic E-state index is 13.3. The molecule has 0 aromatic heterocycles. The molecule has 0 bridgehead atoms. The van der Waals surface area contributed by atoms with E-state index in [9.17, 15) is 33.9 Å². The van der Waals surface area contributed by atoms with Crippen LogP contribution in [-0.2, 0) is 52.5 Å².